The lowest BCUT2D eigenvalue weighted by Gasteiger charge is -2.08. The number of aromatic nitrogens is 2. The van der Waals surface area contributed by atoms with Gasteiger partial charge in [-0.05, 0) is 37.0 Å². The third kappa shape index (κ3) is 3.21. The molecule has 0 atom stereocenters. The Bertz CT molecular complexity index is 1190. The zero-order chi connectivity index (χ0) is 19.1. The third-order valence-corrected chi connectivity index (χ3v) is 6.16. The fourth-order valence-corrected chi connectivity index (χ4v) is 5.04. The molecule has 0 spiro atoms. The molecule has 1 amide bonds. The van der Waals surface area contributed by atoms with Crippen LogP contribution in [0.15, 0.2) is 23.3 Å². The molecular weight excluding hydrogens is 407 g/mol. The molecule has 0 saturated carbocycles. The van der Waals surface area contributed by atoms with Crippen LogP contribution in [0.2, 0.25) is 10.0 Å². The zero-order valence-electron chi connectivity index (χ0n) is 13.9. The first-order chi connectivity index (χ1) is 13.0. The van der Waals surface area contributed by atoms with Crippen molar-refractivity contribution >= 4 is 56.3 Å². The van der Waals surface area contributed by atoms with Crippen LogP contribution in [0.3, 0.4) is 0 Å². The standard InChI is InChI=1S/C18H12Cl2N4O2S/c19-9-4-11-16(13(20)5-9)22-8-24(18(11)26)7-15(25)23-17-12(6-21)10-2-1-3-14(10)27-17/h4-5,8H,1-3,7H2,(H,23,25). The van der Waals surface area contributed by atoms with Gasteiger partial charge in [-0.15, -0.1) is 11.3 Å². The van der Waals surface area contributed by atoms with Crippen LogP contribution in [-0.4, -0.2) is 15.5 Å². The van der Waals surface area contributed by atoms with Crippen LogP contribution in [-0.2, 0) is 24.2 Å². The Hall–Kier alpha value is -2.40. The van der Waals surface area contributed by atoms with E-state index in [0.717, 1.165) is 29.7 Å². The number of nitrogens with one attached hydrogen (secondary N) is 1. The predicted molar refractivity (Wildman–Crippen MR) is 106 cm³/mol. The second kappa shape index (κ2) is 6.97. The van der Waals surface area contributed by atoms with Gasteiger partial charge in [-0.2, -0.15) is 5.26 Å². The van der Waals surface area contributed by atoms with E-state index in [1.165, 1.54) is 34.4 Å². The molecule has 0 radical (unpaired) electrons. The molecule has 4 rings (SSSR count). The van der Waals surface area contributed by atoms with E-state index >= 15 is 0 Å². The first-order valence-corrected chi connectivity index (χ1v) is 9.74. The molecule has 9 heteroatoms. The molecule has 1 aliphatic carbocycles. The SMILES string of the molecule is N#Cc1c(NC(=O)Cn2cnc3c(Cl)cc(Cl)cc3c2=O)sc2c1CCC2. The van der Waals surface area contributed by atoms with E-state index in [-0.39, 0.29) is 17.0 Å². The Balaban J connectivity index is 1.62. The van der Waals surface area contributed by atoms with Gasteiger partial charge >= 0.3 is 0 Å². The number of anilines is 1. The van der Waals surface area contributed by atoms with Crippen LogP contribution < -0.4 is 10.9 Å². The van der Waals surface area contributed by atoms with E-state index in [9.17, 15) is 14.9 Å². The van der Waals surface area contributed by atoms with Gasteiger partial charge in [-0.3, -0.25) is 14.2 Å². The van der Waals surface area contributed by atoms with Gasteiger partial charge in [0.25, 0.3) is 5.56 Å². The first-order valence-electron chi connectivity index (χ1n) is 8.16. The molecule has 1 aliphatic rings. The molecule has 1 aromatic carbocycles. The number of nitrogens with zero attached hydrogens (tertiary/aromatic N) is 3. The molecule has 27 heavy (non-hydrogen) atoms. The van der Waals surface area contributed by atoms with E-state index in [0.29, 0.717) is 21.1 Å². The van der Waals surface area contributed by atoms with Crippen molar-refractivity contribution in [2.45, 2.75) is 25.8 Å². The van der Waals surface area contributed by atoms with Crippen molar-refractivity contribution < 1.29 is 4.79 Å². The van der Waals surface area contributed by atoms with Crippen LogP contribution >= 0.6 is 34.5 Å². The number of carbonyl (C=O) groups is 1. The van der Waals surface area contributed by atoms with Crippen molar-refractivity contribution in [1.29, 1.82) is 5.26 Å². The molecule has 0 unspecified atom stereocenters. The van der Waals surface area contributed by atoms with Crippen molar-refractivity contribution in [3.05, 3.63) is 54.9 Å². The molecule has 0 bridgehead atoms. The number of thiophene rings is 1. The van der Waals surface area contributed by atoms with E-state index < -0.39 is 11.5 Å². The summed E-state index contributed by atoms with van der Waals surface area (Å²) in [5.74, 6) is -0.400. The summed E-state index contributed by atoms with van der Waals surface area (Å²) >= 11 is 13.5. The Labute approximate surface area is 168 Å². The molecule has 0 fully saturated rings. The Kier molecular flexibility index (Phi) is 4.64. The van der Waals surface area contributed by atoms with Crippen LogP contribution in [0.25, 0.3) is 10.9 Å². The largest absolute Gasteiger partial charge is 0.315 e. The van der Waals surface area contributed by atoms with E-state index in [2.05, 4.69) is 16.4 Å². The second-order valence-corrected chi connectivity index (χ2v) is 8.13. The third-order valence-electron chi connectivity index (χ3n) is 4.45. The number of hydrogen-bond donors (Lipinski definition) is 1. The van der Waals surface area contributed by atoms with Gasteiger partial charge in [0.1, 0.15) is 17.6 Å². The molecule has 0 aliphatic heterocycles. The summed E-state index contributed by atoms with van der Waals surface area (Å²) in [4.78, 5) is 30.4. The zero-order valence-corrected chi connectivity index (χ0v) is 16.2. The lowest BCUT2D eigenvalue weighted by atomic mass is 10.1. The van der Waals surface area contributed by atoms with Gasteiger partial charge in [0, 0.05) is 9.90 Å². The second-order valence-electron chi connectivity index (χ2n) is 6.18. The van der Waals surface area contributed by atoms with Gasteiger partial charge < -0.3 is 5.32 Å². The monoisotopic (exact) mass is 418 g/mol. The minimum Gasteiger partial charge on any atom is -0.315 e. The highest BCUT2D eigenvalue weighted by Gasteiger charge is 2.23. The number of nitriles is 1. The number of aryl methyl sites for hydroxylation is 1. The van der Waals surface area contributed by atoms with Crippen LogP contribution in [0, 0.1) is 11.3 Å². The number of halogens is 2. The van der Waals surface area contributed by atoms with Crippen LogP contribution in [0.4, 0.5) is 5.00 Å². The highest BCUT2D eigenvalue weighted by Crippen LogP contribution is 2.38. The summed E-state index contributed by atoms with van der Waals surface area (Å²) in [6.07, 6.45) is 4.11. The summed E-state index contributed by atoms with van der Waals surface area (Å²) in [6, 6.07) is 5.16. The summed E-state index contributed by atoms with van der Waals surface area (Å²) in [5, 5.41) is 13.5. The number of amides is 1. The van der Waals surface area contributed by atoms with Crippen molar-refractivity contribution in [3.63, 3.8) is 0 Å². The molecule has 2 heterocycles. The van der Waals surface area contributed by atoms with E-state index in [1.807, 2.05) is 0 Å². The van der Waals surface area contributed by atoms with Crippen molar-refractivity contribution in [2.24, 2.45) is 0 Å². The molecule has 0 saturated heterocycles. The fourth-order valence-electron chi connectivity index (χ4n) is 3.24. The van der Waals surface area contributed by atoms with Crippen molar-refractivity contribution in [3.8, 4) is 6.07 Å². The fraction of sp³-hybridized carbons (Fsp3) is 0.222. The van der Waals surface area contributed by atoms with Crippen molar-refractivity contribution in [2.75, 3.05) is 5.32 Å². The van der Waals surface area contributed by atoms with Crippen LogP contribution in [0.1, 0.15) is 22.4 Å². The number of carbonyl (C=O) groups excluding carboxylic acids is 1. The van der Waals surface area contributed by atoms with Gasteiger partial charge in [-0.25, -0.2) is 4.98 Å². The highest BCUT2D eigenvalue weighted by molar-refractivity contribution is 7.16. The Morgan fingerprint density at radius 1 is 1.37 bits per heavy atom. The number of rotatable bonds is 3. The molecule has 6 nitrogen and oxygen atoms in total. The smallest absolute Gasteiger partial charge is 0.261 e. The minimum atomic E-state index is -0.409. The van der Waals surface area contributed by atoms with Gasteiger partial charge in [0.15, 0.2) is 0 Å². The molecule has 136 valence electrons. The summed E-state index contributed by atoms with van der Waals surface area (Å²) in [5.41, 5.74) is 1.49. The summed E-state index contributed by atoms with van der Waals surface area (Å²) < 4.78 is 1.19. The maximum Gasteiger partial charge on any atom is 0.261 e. The Morgan fingerprint density at radius 3 is 2.96 bits per heavy atom. The van der Waals surface area contributed by atoms with Gasteiger partial charge in [-0.1, -0.05) is 23.2 Å². The number of fused-ring (bicyclic) bond motifs is 2. The topological polar surface area (TPSA) is 87.8 Å². The lowest BCUT2D eigenvalue weighted by molar-refractivity contribution is -0.116. The normalized spacial score (nSPS) is 12.8. The molecule has 2 aromatic heterocycles. The highest BCUT2D eigenvalue weighted by atomic mass is 35.5. The quantitative estimate of drug-likeness (QED) is 0.700. The average Bonchev–Trinajstić information content (AvgIpc) is 3.18. The maximum absolute atomic E-state index is 12.6. The maximum atomic E-state index is 12.6. The number of hydrogen-bond acceptors (Lipinski definition) is 5. The predicted octanol–water partition coefficient (Wildman–Crippen LogP) is 3.76. The lowest BCUT2D eigenvalue weighted by Crippen LogP contribution is -2.28. The Morgan fingerprint density at radius 2 is 2.19 bits per heavy atom. The van der Waals surface area contributed by atoms with Crippen LogP contribution in [0.5, 0.6) is 0 Å². The van der Waals surface area contributed by atoms with E-state index in [1.54, 1.807) is 0 Å². The van der Waals surface area contributed by atoms with E-state index in [4.69, 9.17) is 23.2 Å². The van der Waals surface area contributed by atoms with Gasteiger partial charge in [0.05, 0.1) is 27.8 Å². The average molecular weight is 419 g/mol. The molecular formula is C18H12Cl2N4O2S. The summed E-state index contributed by atoms with van der Waals surface area (Å²) in [7, 11) is 0. The van der Waals surface area contributed by atoms with Crippen molar-refractivity contribution in [1.82, 2.24) is 9.55 Å². The van der Waals surface area contributed by atoms with Gasteiger partial charge in [0.2, 0.25) is 5.91 Å². The summed E-state index contributed by atoms with van der Waals surface area (Å²) in [6.45, 7) is -0.223. The molecule has 1 N–H and O–H groups in total. The molecule has 3 aromatic rings. The number of benzene rings is 1. The first kappa shape index (κ1) is 18.0. The minimum absolute atomic E-state index is 0.223.